The molecule has 0 bridgehead atoms. The molecule has 0 unspecified atom stereocenters. The minimum atomic E-state index is 0.358. The summed E-state index contributed by atoms with van der Waals surface area (Å²) in [6.45, 7) is 17.1. The molecule has 0 aliphatic carbocycles. The second-order valence-electron chi connectivity index (χ2n) is 10.5. The lowest BCUT2D eigenvalue weighted by atomic mass is 10.0. The topological polar surface area (TPSA) is 49.0 Å². The summed E-state index contributed by atoms with van der Waals surface area (Å²) < 4.78 is 21.4. The van der Waals surface area contributed by atoms with E-state index in [2.05, 4.69) is 71.1 Å². The monoisotopic (exact) mass is 523 g/mol. The molecule has 3 aliphatic rings. The highest BCUT2D eigenvalue weighted by Gasteiger charge is 2.15. The Hall–Kier alpha value is -2.70. The summed E-state index contributed by atoms with van der Waals surface area (Å²) in [6, 6.07) is 14.6. The first kappa shape index (κ1) is 27.3. The number of hydrogen-bond acceptors (Lipinski definition) is 6. The lowest BCUT2D eigenvalue weighted by Crippen LogP contribution is -2.21. The van der Waals surface area contributed by atoms with Crippen LogP contribution in [0.4, 0.5) is 0 Å². The normalized spacial score (nSPS) is 15.1. The van der Waals surface area contributed by atoms with Gasteiger partial charge in [-0.05, 0) is 71.2 Å². The lowest BCUT2D eigenvalue weighted by molar-refractivity contribution is 0.171. The molecule has 6 rings (SSSR count). The predicted octanol–water partition coefficient (Wildman–Crippen LogP) is 7.64. The second kappa shape index (κ2) is 12.7. The molecule has 5 nitrogen and oxygen atoms in total. The zero-order valence-corrected chi connectivity index (χ0v) is 23.9. The van der Waals surface area contributed by atoms with Gasteiger partial charge in [0, 0.05) is 22.8 Å². The molecule has 2 aromatic carbocycles. The molecule has 0 amide bonds. The van der Waals surface area contributed by atoms with E-state index in [1.807, 2.05) is 29.5 Å². The molecule has 1 aromatic heterocycles. The molecule has 0 saturated carbocycles. The Bertz CT molecular complexity index is 1140. The highest BCUT2D eigenvalue weighted by Crippen LogP contribution is 2.35. The SMILES string of the molecule is CC(C)c1cc2c(s1)CCNC2.CC(C)c1ccc2c(c1)OCCO2.CC(C)c1ccc2c(c1)OCO2. The third-order valence-corrected chi connectivity index (χ3v) is 8.16. The molecule has 1 N–H and O–H groups in total. The fourth-order valence-electron chi connectivity index (χ4n) is 4.25. The largest absolute Gasteiger partial charge is 0.486 e. The van der Waals surface area contributed by atoms with Gasteiger partial charge < -0.3 is 24.3 Å². The molecular weight excluding hydrogens is 482 g/mol. The minimum absolute atomic E-state index is 0.358. The Morgan fingerprint density at radius 3 is 1.84 bits per heavy atom. The van der Waals surface area contributed by atoms with Crippen molar-refractivity contribution in [3.8, 4) is 23.0 Å². The zero-order valence-electron chi connectivity index (χ0n) is 23.1. The van der Waals surface area contributed by atoms with Crippen LogP contribution in [0.1, 0.15) is 85.7 Å². The zero-order chi connectivity index (χ0) is 26.4. The summed E-state index contributed by atoms with van der Waals surface area (Å²) >= 11 is 2.00. The lowest BCUT2D eigenvalue weighted by Gasteiger charge is -2.19. The van der Waals surface area contributed by atoms with Crippen LogP contribution in [0, 0.1) is 0 Å². The summed E-state index contributed by atoms with van der Waals surface area (Å²) in [5.74, 6) is 5.27. The second-order valence-corrected chi connectivity index (χ2v) is 11.7. The van der Waals surface area contributed by atoms with Gasteiger partial charge in [0.2, 0.25) is 6.79 Å². The quantitative estimate of drug-likeness (QED) is 0.382. The maximum absolute atomic E-state index is 5.49. The molecule has 3 aromatic rings. The molecule has 0 spiro atoms. The van der Waals surface area contributed by atoms with Crippen molar-refractivity contribution in [3.05, 3.63) is 68.9 Å². The van der Waals surface area contributed by atoms with Crippen LogP contribution in [0.2, 0.25) is 0 Å². The van der Waals surface area contributed by atoms with Gasteiger partial charge in [-0.1, -0.05) is 53.7 Å². The number of fused-ring (bicyclic) bond motifs is 3. The van der Waals surface area contributed by atoms with E-state index in [9.17, 15) is 0 Å². The highest BCUT2D eigenvalue weighted by molar-refractivity contribution is 7.12. The fraction of sp³-hybridized carbons (Fsp3) is 0.484. The van der Waals surface area contributed by atoms with E-state index in [-0.39, 0.29) is 0 Å². The van der Waals surface area contributed by atoms with Crippen LogP contribution in [0.25, 0.3) is 0 Å². The first-order valence-electron chi connectivity index (χ1n) is 13.4. The van der Waals surface area contributed by atoms with Crippen molar-refractivity contribution in [2.24, 2.45) is 0 Å². The van der Waals surface area contributed by atoms with Gasteiger partial charge >= 0.3 is 0 Å². The van der Waals surface area contributed by atoms with Crippen molar-refractivity contribution in [2.75, 3.05) is 26.6 Å². The van der Waals surface area contributed by atoms with E-state index < -0.39 is 0 Å². The Kier molecular flexibility index (Phi) is 9.38. The van der Waals surface area contributed by atoms with Gasteiger partial charge in [0.1, 0.15) is 13.2 Å². The van der Waals surface area contributed by atoms with Crippen molar-refractivity contribution in [2.45, 2.75) is 72.3 Å². The van der Waals surface area contributed by atoms with E-state index in [1.54, 1.807) is 9.75 Å². The standard InChI is InChI=1S/C11H14O2.C10H15NS.C10H12O2/c1-8(2)9-3-4-10-11(7-9)13-6-5-12-10;1-7(2)10-5-8-6-11-4-3-9(8)12-10;1-7(2)8-3-4-9-10(5-8)12-6-11-9/h3-4,7-8H,5-6H2,1-2H3;5,7,11H,3-4,6H2,1-2H3;3-5,7H,6H2,1-2H3. The molecule has 0 radical (unpaired) electrons. The Labute approximate surface area is 226 Å². The van der Waals surface area contributed by atoms with Gasteiger partial charge in [-0.15, -0.1) is 11.3 Å². The van der Waals surface area contributed by atoms with E-state index in [0.717, 1.165) is 36.1 Å². The molecule has 6 heteroatoms. The Balaban J connectivity index is 0.000000130. The molecule has 4 heterocycles. The Morgan fingerprint density at radius 2 is 1.24 bits per heavy atom. The molecular formula is C31H41NO4S. The number of nitrogens with one attached hydrogen (secondary N) is 1. The van der Waals surface area contributed by atoms with E-state index >= 15 is 0 Å². The van der Waals surface area contributed by atoms with E-state index in [1.165, 1.54) is 23.1 Å². The highest BCUT2D eigenvalue weighted by atomic mass is 32.1. The third-order valence-electron chi connectivity index (χ3n) is 6.63. The van der Waals surface area contributed by atoms with Gasteiger partial charge in [0.15, 0.2) is 23.0 Å². The molecule has 3 aliphatic heterocycles. The first-order valence-corrected chi connectivity index (χ1v) is 14.2. The van der Waals surface area contributed by atoms with Crippen LogP contribution in [0.15, 0.2) is 42.5 Å². The average molecular weight is 524 g/mol. The van der Waals surface area contributed by atoms with Crippen molar-refractivity contribution >= 4 is 11.3 Å². The van der Waals surface area contributed by atoms with E-state index in [0.29, 0.717) is 37.8 Å². The summed E-state index contributed by atoms with van der Waals surface area (Å²) in [7, 11) is 0. The van der Waals surface area contributed by atoms with Crippen LogP contribution >= 0.6 is 11.3 Å². The molecule has 0 atom stereocenters. The van der Waals surface area contributed by atoms with Crippen LogP contribution in [-0.4, -0.2) is 26.6 Å². The molecule has 0 saturated heterocycles. The summed E-state index contributed by atoms with van der Waals surface area (Å²) in [5.41, 5.74) is 4.12. The van der Waals surface area contributed by atoms with Crippen LogP contribution in [0.5, 0.6) is 23.0 Å². The fourth-order valence-corrected chi connectivity index (χ4v) is 5.44. The summed E-state index contributed by atoms with van der Waals surface area (Å²) in [5, 5.41) is 3.40. The number of thiophene rings is 1. The maximum atomic E-state index is 5.49. The average Bonchev–Trinajstić information content (AvgIpc) is 3.56. The van der Waals surface area contributed by atoms with Gasteiger partial charge in [-0.25, -0.2) is 0 Å². The van der Waals surface area contributed by atoms with Gasteiger partial charge in [0.25, 0.3) is 0 Å². The van der Waals surface area contributed by atoms with Crippen molar-refractivity contribution in [3.63, 3.8) is 0 Å². The van der Waals surface area contributed by atoms with Crippen molar-refractivity contribution in [1.29, 1.82) is 0 Å². The number of ether oxygens (including phenoxy) is 4. The van der Waals surface area contributed by atoms with Crippen molar-refractivity contribution < 1.29 is 18.9 Å². The molecule has 37 heavy (non-hydrogen) atoms. The van der Waals surface area contributed by atoms with E-state index in [4.69, 9.17) is 18.9 Å². The number of hydrogen-bond donors (Lipinski definition) is 1. The molecule has 200 valence electrons. The summed E-state index contributed by atoms with van der Waals surface area (Å²) in [6.07, 6.45) is 1.23. The number of benzene rings is 2. The predicted molar refractivity (Wildman–Crippen MR) is 152 cm³/mol. The van der Waals surface area contributed by atoms with Crippen molar-refractivity contribution in [1.82, 2.24) is 5.32 Å². The Morgan fingerprint density at radius 1 is 0.676 bits per heavy atom. The third kappa shape index (κ3) is 7.20. The van der Waals surface area contributed by atoms with Gasteiger partial charge in [-0.2, -0.15) is 0 Å². The summed E-state index contributed by atoms with van der Waals surface area (Å²) in [4.78, 5) is 3.15. The maximum Gasteiger partial charge on any atom is 0.231 e. The first-order chi connectivity index (χ1) is 17.8. The van der Waals surface area contributed by atoms with Crippen LogP contribution in [-0.2, 0) is 13.0 Å². The van der Waals surface area contributed by atoms with Gasteiger partial charge in [0.05, 0.1) is 0 Å². The molecule has 0 fully saturated rings. The minimum Gasteiger partial charge on any atom is -0.486 e. The van der Waals surface area contributed by atoms with Gasteiger partial charge in [-0.3, -0.25) is 0 Å². The van der Waals surface area contributed by atoms with Crippen LogP contribution in [0.3, 0.4) is 0 Å². The smallest absolute Gasteiger partial charge is 0.231 e. The number of rotatable bonds is 3. The van der Waals surface area contributed by atoms with Crippen LogP contribution < -0.4 is 24.3 Å².